The summed E-state index contributed by atoms with van der Waals surface area (Å²) in [5.41, 5.74) is 0. The molecule has 0 heterocycles. The van der Waals surface area contributed by atoms with E-state index >= 15 is 0 Å². The summed E-state index contributed by atoms with van der Waals surface area (Å²) in [6, 6.07) is 9.44. The first-order chi connectivity index (χ1) is 6.66. The molecule has 2 nitrogen and oxygen atoms in total. The van der Waals surface area contributed by atoms with Gasteiger partial charge in [0.2, 0.25) is 0 Å². The minimum Gasteiger partial charge on any atom is -0.469 e. The Morgan fingerprint density at radius 3 is 1.71 bits per heavy atom. The molecule has 0 bridgehead atoms. The molecule has 0 amide bonds. The van der Waals surface area contributed by atoms with Crippen LogP contribution in [-0.2, 0) is 9.53 Å². The molecule has 0 saturated heterocycles. The monoisotopic (exact) mass is 216 g/mol. The first kappa shape index (κ1) is 15.5. The fourth-order valence-electron chi connectivity index (χ4n) is 0.415. The predicted octanol–water partition coefficient (Wildman–Crippen LogP) is 3.55. The van der Waals surface area contributed by atoms with Crippen LogP contribution in [-0.4, -0.2) is 13.1 Å². The summed E-state index contributed by atoms with van der Waals surface area (Å²) < 4.78 is 4.11. The molecule has 14 heavy (non-hydrogen) atoms. The highest BCUT2D eigenvalue weighted by Crippen LogP contribution is 2.03. The van der Waals surface area contributed by atoms with E-state index in [4.69, 9.17) is 11.6 Å². The van der Waals surface area contributed by atoms with E-state index in [-0.39, 0.29) is 5.97 Å². The van der Waals surface area contributed by atoms with Crippen LogP contribution in [0.25, 0.3) is 0 Å². The summed E-state index contributed by atoms with van der Waals surface area (Å²) in [7, 11) is 1.35. The summed E-state index contributed by atoms with van der Waals surface area (Å²) in [4.78, 5) is 9.59. The van der Waals surface area contributed by atoms with Crippen molar-refractivity contribution >= 4 is 17.6 Å². The van der Waals surface area contributed by atoms with Crippen molar-refractivity contribution in [2.24, 2.45) is 0 Å². The summed E-state index contributed by atoms with van der Waals surface area (Å²) >= 11 is 5.54. The molecule has 0 saturated carbocycles. The normalized spacial score (nSPS) is 7.21. The van der Waals surface area contributed by atoms with Crippen molar-refractivity contribution in [2.75, 3.05) is 7.11 Å². The third kappa shape index (κ3) is 13.6. The van der Waals surface area contributed by atoms with Gasteiger partial charge in [-0.2, -0.15) is 0 Å². The molecule has 80 valence electrons. The van der Waals surface area contributed by atoms with Crippen molar-refractivity contribution in [3.05, 3.63) is 35.4 Å². The van der Waals surface area contributed by atoms with Crippen LogP contribution in [0.1, 0.15) is 20.8 Å². The molecule has 0 spiro atoms. The van der Waals surface area contributed by atoms with Crippen LogP contribution in [0.4, 0.5) is 0 Å². The SMILES string of the molecule is CC.COC(C)=O.Clc1ccccc1. The molecule has 0 aromatic heterocycles. The molecule has 0 N–H and O–H groups in total. The van der Waals surface area contributed by atoms with Gasteiger partial charge in [0.1, 0.15) is 0 Å². The first-order valence-electron chi connectivity index (χ1n) is 4.42. The Labute approximate surface area is 90.8 Å². The number of esters is 1. The number of hydrogen-bond donors (Lipinski definition) is 0. The Morgan fingerprint density at radius 2 is 1.57 bits per heavy atom. The molecular formula is C11H17ClO2. The Bertz CT molecular complexity index is 222. The van der Waals surface area contributed by atoms with Crippen molar-refractivity contribution in [1.82, 2.24) is 0 Å². The van der Waals surface area contributed by atoms with Gasteiger partial charge in [0.15, 0.2) is 0 Å². The average Bonchev–Trinajstić information content (AvgIpc) is 2.23. The quantitative estimate of drug-likeness (QED) is 0.620. The maximum Gasteiger partial charge on any atom is 0.302 e. The van der Waals surface area contributed by atoms with Gasteiger partial charge < -0.3 is 4.74 Å². The average molecular weight is 217 g/mol. The number of rotatable bonds is 0. The largest absolute Gasteiger partial charge is 0.469 e. The number of carbonyl (C=O) groups excluding carboxylic acids is 1. The first-order valence-corrected chi connectivity index (χ1v) is 4.79. The molecule has 0 radical (unpaired) electrons. The molecule has 0 fully saturated rings. The number of methoxy groups -OCH3 is 1. The summed E-state index contributed by atoms with van der Waals surface area (Å²) in [6.45, 7) is 5.36. The zero-order valence-electron chi connectivity index (χ0n) is 9.08. The summed E-state index contributed by atoms with van der Waals surface area (Å²) in [5, 5.41) is 0.794. The lowest BCUT2D eigenvalue weighted by molar-refractivity contribution is -0.137. The zero-order chi connectivity index (χ0) is 11.4. The maximum atomic E-state index is 9.59. The van der Waals surface area contributed by atoms with Gasteiger partial charge in [0, 0.05) is 11.9 Å². The fourth-order valence-corrected chi connectivity index (χ4v) is 0.560. The van der Waals surface area contributed by atoms with Crippen LogP contribution in [0.5, 0.6) is 0 Å². The molecule has 0 unspecified atom stereocenters. The third-order valence-electron chi connectivity index (χ3n) is 1.02. The molecule has 1 aromatic rings. The van der Waals surface area contributed by atoms with E-state index in [0.29, 0.717) is 0 Å². The van der Waals surface area contributed by atoms with Crippen LogP contribution >= 0.6 is 11.6 Å². The van der Waals surface area contributed by atoms with Crippen LogP contribution in [0.3, 0.4) is 0 Å². The van der Waals surface area contributed by atoms with Crippen molar-refractivity contribution in [3.8, 4) is 0 Å². The van der Waals surface area contributed by atoms with Crippen molar-refractivity contribution in [2.45, 2.75) is 20.8 Å². The van der Waals surface area contributed by atoms with E-state index in [1.54, 1.807) is 0 Å². The van der Waals surface area contributed by atoms with Gasteiger partial charge in [0.05, 0.1) is 7.11 Å². The van der Waals surface area contributed by atoms with Gasteiger partial charge >= 0.3 is 5.97 Å². The smallest absolute Gasteiger partial charge is 0.302 e. The second-order valence-corrected chi connectivity index (χ2v) is 2.43. The molecule has 0 atom stereocenters. The van der Waals surface area contributed by atoms with Crippen molar-refractivity contribution < 1.29 is 9.53 Å². The summed E-state index contributed by atoms with van der Waals surface area (Å²) in [6.07, 6.45) is 0. The van der Waals surface area contributed by atoms with Gasteiger partial charge in [0.25, 0.3) is 0 Å². The number of hydrogen-bond acceptors (Lipinski definition) is 2. The van der Waals surface area contributed by atoms with Gasteiger partial charge in [-0.1, -0.05) is 43.6 Å². The molecule has 0 aliphatic heterocycles. The lowest BCUT2D eigenvalue weighted by atomic mass is 10.4. The van der Waals surface area contributed by atoms with E-state index in [2.05, 4.69) is 4.74 Å². The van der Waals surface area contributed by atoms with E-state index in [1.807, 2.05) is 44.2 Å². The standard InChI is InChI=1S/C6H5Cl.C3H6O2.C2H6/c7-6-4-2-1-3-5-6;1-3(4)5-2;1-2/h1-5H;1-2H3;1-2H3. The van der Waals surface area contributed by atoms with Crippen LogP contribution in [0, 0.1) is 0 Å². The maximum absolute atomic E-state index is 9.59. The Kier molecular flexibility index (Phi) is 13.2. The lowest BCUT2D eigenvalue weighted by Crippen LogP contribution is -1.88. The second-order valence-electron chi connectivity index (χ2n) is 1.99. The number of benzene rings is 1. The van der Waals surface area contributed by atoms with Crippen LogP contribution in [0.2, 0.25) is 5.02 Å². The zero-order valence-corrected chi connectivity index (χ0v) is 9.84. The highest BCUT2D eigenvalue weighted by atomic mass is 35.5. The number of ether oxygens (including phenoxy) is 1. The minimum absolute atomic E-state index is 0.245. The molecular weight excluding hydrogens is 200 g/mol. The van der Waals surface area contributed by atoms with E-state index < -0.39 is 0 Å². The highest BCUT2D eigenvalue weighted by molar-refractivity contribution is 6.30. The second kappa shape index (κ2) is 12.0. The van der Waals surface area contributed by atoms with Crippen molar-refractivity contribution in [3.63, 3.8) is 0 Å². The molecule has 0 aliphatic rings. The number of halogens is 1. The Balaban J connectivity index is 0. The third-order valence-corrected chi connectivity index (χ3v) is 1.27. The van der Waals surface area contributed by atoms with E-state index in [1.165, 1.54) is 14.0 Å². The summed E-state index contributed by atoms with van der Waals surface area (Å²) in [5.74, 6) is -0.245. The molecule has 1 rings (SSSR count). The minimum atomic E-state index is -0.245. The highest BCUT2D eigenvalue weighted by Gasteiger charge is 1.75. The lowest BCUT2D eigenvalue weighted by Gasteiger charge is -1.80. The van der Waals surface area contributed by atoms with Gasteiger partial charge in [-0.05, 0) is 12.1 Å². The van der Waals surface area contributed by atoms with Crippen LogP contribution in [0.15, 0.2) is 30.3 Å². The molecule has 0 aliphatic carbocycles. The van der Waals surface area contributed by atoms with Gasteiger partial charge in [-0.15, -0.1) is 0 Å². The Hall–Kier alpha value is -1.02. The predicted molar refractivity (Wildman–Crippen MR) is 60.5 cm³/mol. The molecule has 1 aromatic carbocycles. The van der Waals surface area contributed by atoms with Gasteiger partial charge in [-0.25, -0.2) is 0 Å². The molecule has 3 heteroatoms. The van der Waals surface area contributed by atoms with E-state index in [0.717, 1.165) is 5.02 Å². The van der Waals surface area contributed by atoms with E-state index in [9.17, 15) is 4.79 Å². The Morgan fingerprint density at radius 1 is 1.21 bits per heavy atom. The van der Waals surface area contributed by atoms with Crippen LogP contribution < -0.4 is 0 Å². The van der Waals surface area contributed by atoms with Crippen molar-refractivity contribution in [1.29, 1.82) is 0 Å². The number of carbonyl (C=O) groups is 1. The van der Waals surface area contributed by atoms with Gasteiger partial charge in [-0.3, -0.25) is 4.79 Å². The topological polar surface area (TPSA) is 26.3 Å². The fraction of sp³-hybridized carbons (Fsp3) is 0.364.